The van der Waals surface area contributed by atoms with Crippen molar-refractivity contribution in [3.63, 3.8) is 0 Å². The average Bonchev–Trinajstić information content (AvgIpc) is 3.25. The van der Waals surface area contributed by atoms with Crippen LogP contribution >= 0.6 is 0 Å². The Labute approximate surface area is 232 Å². The molecule has 9 nitrogen and oxygen atoms in total. The SMILES string of the molecule is CCCCCCCCC[n+]1ccn([C@H](C(=O)NCCCC)C(C)C)c1.O=S(=O)([N-]S(=O)(=O)C(F)(F)F)C(F)(F)F. The lowest BCUT2D eigenvalue weighted by molar-refractivity contribution is -0.697. The van der Waals surface area contributed by atoms with Gasteiger partial charge in [-0.3, -0.25) is 4.79 Å². The number of alkyl halides is 6. The Hall–Kier alpha value is -1.88. The molecule has 40 heavy (non-hydrogen) atoms. The summed E-state index contributed by atoms with van der Waals surface area (Å²) in [5.41, 5.74) is -12.4. The molecular weight excluding hydrogens is 590 g/mol. The summed E-state index contributed by atoms with van der Waals surface area (Å²) >= 11 is 0. The molecule has 1 rings (SSSR count). The molecule has 1 aromatic rings. The van der Waals surface area contributed by atoms with Gasteiger partial charge in [0.25, 0.3) is 5.91 Å². The van der Waals surface area contributed by atoms with E-state index in [4.69, 9.17) is 0 Å². The van der Waals surface area contributed by atoms with Crippen LogP contribution in [0.3, 0.4) is 0 Å². The fourth-order valence-corrected chi connectivity index (χ4v) is 5.16. The molecule has 1 amide bonds. The Kier molecular flexibility index (Phi) is 16.4. The summed E-state index contributed by atoms with van der Waals surface area (Å²) in [6, 6.07) is -0.118. The molecule has 0 aliphatic rings. The van der Waals surface area contributed by atoms with Crippen molar-refractivity contribution in [1.29, 1.82) is 0 Å². The highest BCUT2D eigenvalue weighted by Gasteiger charge is 2.47. The normalized spacial score (nSPS) is 13.6. The molecule has 0 spiro atoms. The van der Waals surface area contributed by atoms with Crippen LogP contribution in [0.25, 0.3) is 4.13 Å². The van der Waals surface area contributed by atoms with Crippen LogP contribution in [-0.4, -0.2) is 44.9 Å². The van der Waals surface area contributed by atoms with Gasteiger partial charge < -0.3 is 9.44 Å². The van der Waals surface area contributed by atoms with Gasteiger partial charge in [0.2, 0.25) is 6.33 Å². The Morgan fingerprint density at radius 3 is 1.77 bits per heavy atom. The second-order valence-corrected chi connectivity index (χ2v) is 12.9. The molecule has 0 aliphatic carbocycles. The molecule has 0 fully saturated rings. The van der Waals surface area contributed by atoms with Gasteiger partial charge in [-0.15, -0.1) is 0 Å². The Morgan fingerprint density at radius 2 is 1.32 bits per heavy atom. The first-order valence-electron chi connectivity index (χ1n) is 13.0. The third-order valence-corrected chi connectivity index (χ3v) is 8.30. The van der Waals surface area contributed by atoms with Crippen molar-refractivity contribution < 1.29 is 52.5 Å². The first kappa shape index (κ1) is 38.1. The number of nitrogens with one attached hydrogen (secondary N) is 1. The van der Waals surface area contributed by atoms with Crippen LogP contribution < -0.4 is 9.88 Å². The minimum Gasteiger partial charge on any atom is -0.421 e. The number of carbonyl (C=O) groups excluding carboxylic acids is 1. The van der Waals surface area contributed by atoms with Gasteiger partial charge in [-0.1, -0.05) is 66.2 Å². The van der Waals surface area contributed by atoms with Crippen LogP contribution in [0, 0.1) is 5.92 Å². The van der Waals surface area contributed by atoms with E-state index in [0.717, 1.165) is 30.1 Å². The van der Waals surface area contributed by atoms with Crippen molar-refractivity contribution in [3.05, 3.63) is 22.8 Å². The summed E-state index contributed by atoms with van der Waals surface area (Å²) in [7, 11) is -13.4. The van der Waals surface area contributed by atoms with E-state index in [-0.39, 0.29) is 17.9 Å². The van der Waals surface area contributed by atoms with E-state index in [0.29, 0.717) is 0 Å². The monoisotopic (exact) mass is 630 g/mol. The molecule has 1 aromatic heterocycles. The van der Waals surface area contributed by atoms with Gasteiger partial charge in [-0.25, -0.2) is 26.0 Å². The average molecular weight is 631 g/mol. The van der Waals surface area contributed by atoms with Gasteiger partial charge in [0.1, 0.15) is 12.4 Å². The highest BCUT2D eigenvalue weighted by molar-refractivity contribution is 8.13. The molecule has 0 unspecified atom stereocenters. The topological polar surface area (TPSA) is 120 Å². The van der Waals surface area contributed by atoms with E-state index in [1.54, 1.807) is 0 Å². The van der Waals surface area contributed by atoms with Gasteiger partial charge in [-0.2, -0.15) is 26.3 Å². The van der Waals surface area contributed by atoms with Gasteiger partial charge in [0.05, 0.1) is 6.54 Å². The summed E-state index contributed by atoms with van der Waals surface area (Å²) in [4.78, 5) is 12.5. The lowest BCUT2D eigenvalue weighted by atomic mass is 10.0. The smallest absolute Gasteiger partial charge is 0.421 e. The number of aromatic nitrogens is 2. The van der Waals surface area contributed by atoms with Crippen LogP contribution in [-0.2, 0) is 31.4 Å². The van der Waals surface area contributed by atoms with Crippen LogP contribution in [0.15, 0.2) is 18.7 Å². The molecule has 0 saturated heterocycles. The lowest BCUT2D eigenvalue weighted by Crippen LogP contribution is -2.37. The predicted octanol–water partition coefficient (Wildman–Crippen LogP) is 5.70. The lowest BCUT2D eigenvalue weighted by Gasteiger charge is -2.22. The summed E-state index contributed by atoms with van der Waals surface area (Å²) < 4.78 is 113. The minimum absolute atomic E-state index is 0.118. The molecule has 1 N–H and O–H groups in total. The molecular formula is C23H40F6N4O5S2. The Bertz CT molecular complexity index is 1050. The van der Waals surface area contributed by atoms with Crippen molar-refractivity contribution in [1.82, 2.24) is 9.88 Å². The molecule has 0 aliphatic heterocycles. The highest BCUT2D eigenvalue weighted by Crippen LogP contribution is 2.36. The zero-order valence-corrected chi connectivity index (χ0v) is 24.8. The molecule has 0 saturated carbocycles. The summed E-state index contributed by atoms with van der Waals surface area (Å²) in [6.45, 7) is 10.5. The number of hydrogen-bond acceptors (Lipinski definition) is 5. The number of unbranched alkanes of at least 4 members (excludes halogenated alkanes) is 7. The van der Waals surface area contributed by atoms with Crippen molar-refractivity contribution in [2.45, 2.75) is 109 Å². The van der Waals surface area contributed by atoms with E-state index >= 15 is 0 Å². The number of imidazole rings is 1. The zero-order valence-electron chi connectivity index (χ0n) is 23.1. The Morgan fingerprint density at radius 1 is 0.850 bits per heavy atom. The van der Waals surface area contributed by atoms with E-state index in [9.17, 15) is 48.0 Å². The number of aryl methyl sites for hydroxylation is 1. The predicted molar refractivity (Wildman–Crippen MR) is 138 cm³/mol. The van der Waals surface area contributed by atoms with Gasteiger partial charge in [0.15, 0.2) is 26.1 Å². The largest absolute Gasteiger partial charge is 0.480 e. The molecule has 0 aromatic carbocycles. The summed E-state index contributed by atoms with van der Waals surface area (Å²) in [5.74, 6) is 0.420. The molecule has 0 bridgehead atoms. The van der Waals surface area contributed by atoms with Crippen molar-refractivity contribution in [3.8, 4) is 0 Å². The maximum atomic E-state index is 12.5. The van der Waals surface area contributed by atoms with Crippen LogP contribution in [0.4, 0.5) is 26.3 Å². The zero-order chi connectivity index (χ0) is 31.2. The first-order valence-corrected chi connectivity index (χ1v) is 15.9. The standard InChI is InChI=1S/C21H39N3O.C2F6NO4S2/c1-5-7-9-10-11-12-13-15-23-16-17-24(18-23)20(19(3)4)21(25)22-14-8-6-2;3-1(4,5)14(10,11)9-15(12,13)2(6,7)8/h16-20H,5-15H2,1-4H3;/q;-1/p+1/t20-;/m0./s1. The molecule has 236 valence electrons. The van der Waals surface area contributed by atoms with Crippen molar-refractivity contribution in [2.24, 2.45) is 5.92 Å². The second kappa shape index (κ2) is 17.2. The number of carbonyl (C=O) groups is 1. The third kappa shape index (κ3) is 13.7. The van der Waals surface area contributed by atoms with Gasteiger partial charge in [0, 0.05) is 12.5 Å². The second-order valence-electron chi connectivity index (χ2n) is 9.47. The molecule has 1 atom stereocenters. The van der Waals surface area contributed by atoms with Crippen LogP contribution in [0.2, 0.25) is 0 Å². The van der Waals surface area contributed by atoms with E-state index in [1.807, 2.05) is 6.20 Å². The maximum Gasteiger partial charge on any atom is 0.480 e. The molecule has 0 radical (unpaired) electrons. The number of hydrogen-bond donors (Lipinski definition) is 1. The fourth-order valence-electron chi connectivity index (χ4n) is 3.45. The van der Waals surface area contributed by atoms with Gasteiger partial charge in [-0.05, 0) is 19.3 Å². The van der Waals surface area contributed by atoms with Crippen LogP contribution in [0.5, 0.6) is 0 Å². The maximum absolute atomic E-state index is 12.5. The number of nitrogens with zero attached hydrogens (tertiary/aromatic N) is 3. The van der Waals surface area contributed by atoms with E-state index in [1.165, 1.54) is 44.9 Å². The summed E-state index contributed by atoms with van der Waals surface area (Å²) in [5, 5.41) is 3.08. The van der Waals surface area contributed by atoms with Crippen molar-refractivity contribution >= 4 is 26.0 Å². The number of amides is 1. The number of halogens is 6. The quantitative estimate of drug-likeness (QED) is 0.143. The Balaban J connectivity index is 0.000000868. The summed E-state index contributed by atoms with van der Waals surface area (Å²) in [6.07, 6.45) is 17.7. The molecule has 17 heteroatoms. The van der Waals surface area contributed by atoms with Crippen molar-refractivity contribution in [2.75, 3.05) is 6.54 Å². The van der Waals surface area contributed by atoms with E-state index in [2.05, 4.69) is 54.7 Å². The number of sulfonamides is 2. The van der Waals surface area contributed by atoms with Crippen LogP contribution in [0.1, 0.15) is 91.5 Å². The highest BCUT2D eigenvalue weighted by atomic mass is 32.3. The minimum atomic E-state index is -6.72. The molecule has 1 heterocycles. The fraction of sp³-hybridized carbons (Fsp3) is 0.826. The first-order chi connectivity index (χ1) is 18.3. The number of rotatable bonds is 16. The third-order valence-electron chi connectivity index (χ3n) is 5.56. The van der Waals surface area contributed by atoms with E-state index < -0.39 is 31.1 Å². The van der Waals surface area contributed by atoms with Gasteiger partial charge >= 0.3 is 11.0 Å².